The van der Waals surface area contributed by atoms with E-state index < -0.39 is 10.0 Å². The number of carbonyl (C=O) groups excluding carboxylic acids is 1. The lowest BCUT2D eigenvalue weighted by Gasteiger charge is -2.26. The molecule has 0 radical (unpaired) electrons. The Kier molecular flexibility index (Phi) is 7.04. The highest BCUT2D eigenvalue weighted by atomic mass is 32.2. The predicted octanol–water partition coefficient (Wildman–Crippen LogP) is 2.96. The molecule has 7 nitrogen and oxygen atoms in total. The number of benzene rings is 2. The molecule has 0 aromatic heterocycles. The van der Waals surface area contributed by atoms with Crippen LogP contribution in [0.3, 0.4) is 0 Å². The average Bonchev–Trinajstić information content (AvgIpc) is 2.67. The van der Waals surface area contributed by atoms with Gasteiger partial charge in [0.05, 0.1) is 24.2 Å². The summed E-state index contributed by atoms with van der Waals surface area (Å²) in [6.45, 7) is 6.57. The number of rotatable bonds is 8. The Morgan fingerprint density at radius 2 is 1.61 bits per heavy atom. The number of primary sulfonamides is 1. The van der Waals surface area contributed by atoms with E-state index in [4.69, 9.17) is 14.6 Å². The third-order valence-corrected chi connectivity index (χ3v) is 5.31. The zero-order valence-corrected chi connectivity index (χ0v) is 17.3. The van der Waals surface area contributed by atoms with Crippen molar-refractivity contribution >= 4 is 15.9 Å². The lowest BCUT2D eigenvalue weighted by molar-refractivity contribution is 0.0742. The molecule has 1 atom stereocenters. The minimum atomic E-state index is -3.75. The molecule has 0 heterocycles. The van der Waals surface area contributed by atoms with Gasteiger partial charge in [0, 0.05) is 12.6 Å². The first-order valence-corrected chi connectivity index (χ1v) is 10.5. The summed E-state index contributed by atoms with van der Waals surface area (Å²) in [6.07, 6.45) is 0. The summed E-state index contributed by atoms with van der Waals surface area (Å²) in [6, 6.07) is 11.0. The van der Waals surface area contributed by atoms with Crippen LogP contribution in [0, 0.1) is 0 Å². The molecule has 2 aromatic rings. The standard InChI is InChI=1S/C20H26N2O5S/c1-5-26-18-12-9-16(13-19(18)27-6-2)20(23)22(4)14(3)15-7-10-17(11-8-15)28(21,24)25/h7-14H,5-6H2,1-4H3,(H2,21,24,25). The fourth-order valence-electron chi connectivity index (χ4n) is 2.72. The van der Waals surface area contributed by atoms with Crippen molar-refractivity contribution in [2.45, 2.75) is 31.7 Å². The Morgan fingerprint density at radius 3 is 2.14 bits per heavy atom. The summed E-state index contributed by atoms with van der Waals surface area (Å²) in [7, 11) is -2.06. The molecule has 0 aliphatic heterocycles. The van der Waals surface area contributed by atoms with Gasteiger partial charge in [0.25, 0.3) is 5.91 Å². The van der Waals surface area contributed by atoms with E-state index in [9.17, 15) is 13.2 Å². The second-order valence-electron chi connectivity index (χ2n) is 6.23. The number of ether oxygens (including phenoxy) is 2. The minimum Gasteiger partial charge on any atom is -0.490 e. The van der Waals surface area contributed by atoms with E-state index in [0.717, 1.165) is 5.56 Å². The van der Waals surface area contributed by atoms with Gasteiger partial charge in [-0.15, -0.1) is 0 Å². The summed E-state index contributed by atoms with van der Waals surface area (Å²) in [4.78, 5) is 14.5. The van der Waals surface area contributed by atoms with E-state index >= 15 is 0 Å². The van der Waals surface area contributed by atoms with E-state index in [1.54, 1.807) is 42.3 Å². The summed E-state index contributed by atoms with van der Waals surface area (Å²) in [5, 5.41) is 5.13. The molecular formula is C20H26N2O5S. The first-order chi connectivity index (χ1) is 13.2. The molecule has 152 valence electrons. The number of carbonyl (C=O) groups is 1. The third kappa shape index (κ3) is 5.02. The molecule has 1 unspecified atom stereocenters. The van der Waals surface area contributed by atoms with Crippen LogP contribution in [0.5, 0.6) is 11.5 Å². The Balaban J connectivity index is 2.24. The van der Waals surface area contributed by atoms with Crippen LogP contribution >= 0.6 is 0 Å². The third-order valence-electron chi connectivity index (χ3n) is 4.38. The molecule has 0 spiro atoms. The number of hydrogen-bond acceptors (Lipinski definition) is 5. The first kappa shape index (κ1) is 21.7. The number of sulfonamides is 1. The highest BCUT2D eigenvalue weighted by Crippen LogP contribution is 2.30. The molecule has 2 aromatic carbocycles. The van der Waals surface area contributed by atoms with Crippen molar-refractivity contribution in [3.63, 3.8) is 0 Å². The van der Waals surface area contributed by atoms with Gasteiger partial charge in [-0.2, -0.15) is 0 Å². The molecule has 0 saturated carbocycles. The van der Waals surface area contributed by atoms with Crippen LogP contribution in [-0.2, 0) is 10.0 Å². The van der Waals surface area contributed by atoms with Gasteiger partial charge < -0.3 is 14.4 Å². The molecule has 0 fully saturated rings. The monoisotopic (exact) mass is 406 g/mol. The minimum absolute atomic E-state index is 0.0327. The van der Waals surface area contributed by atoms with E-state index in [2.05, 4.69) is 0 Å². The average molecular weight is 407 g/mol. The van der Waals surface area contributed by atoms with Crippen LogP contribution in [0.2, 0.25) is 0 Å². The van der Waals surface area contributed by atoms with Gasteiger partial charge in [-0.3, -0.25) is 4.79 Å². The fraction of sp³-hybridized carbons (Fsp3) is 0.350. The van der Waals surface area contributed by atoms with Gasteiger partial charge in [0.2, 0.25) is 10.0 Å². The van der Waals surface area contributed by atoms with Crippen molar-refractivity contribution in [1.29, 1.82) is 0 Å². The van der Waals surface area contributed by atoms with Crippen LogP contribution in [0.25, 0.3) is 0 Å². The highest BCUT2D eigenvalue weighted by molar-refractivity contribution is 7.89. The Labute approximate surface area is 166 Å². The molecule has 0 aliphatic rings. The summed E-state index contributed by atoms with van der Waals surface area (Å²) in [5.41, 5.74) is 1.27. The Hall–Kier alpha value is -2.58. The van der Waals surface area contributed by atoms with Gasteiger partial charge in [0.15, 0.2) is 11.5 Å². The van der Waals surface area contributed by atoms with Crippen LogP contribution in [0.15, 0.2) is 47.4 Å². The molecular weight excluding hydrogens is 380 g/mol. The van der Waals surface area contributed by atoms with Gasteiger partial charge >= 0.3 is 0 Å². The smallest absolute Gasteiger partial charge is 0.254 e. The van der Waals surface area contributed by atoms with Crippen molar-refractivity contribution in [2.24, 2.45) is 5.14 Å². The normalized spacial score (nSPS) is 12.3. The van der Waals surface area contributed by atoms with Crippen molar-refractivity contribution in [2.75, 3.05) is 20.3 Å². The van der Waals surface area contributed by atoms with E-state index in [1.165, 1.54) is 12.1 Å². The van der Waals surface area contributed by atoms with E-state index in [0.29, 0.717) is 30.3 Å². The van der Waals surface area contributed by atoms with Crippen LogP contribution in [-0.4, -0.2) is 39.5 Å². The lowest BCUT2D eigenvalue weighted by atomic mass is 10.1. The maximum absolute atomic E-state index is 12.9. The van der Waals surface area contributed by atoms with Gasteiger partial charge in [-0.25, -0.2) is 13.6 Å². The lowest BCUT2D eigenvalue weighted by Crippen LogP contribution is -2.29. The number of nitrogens with two attached hydrogens (primary N) is 1. The zero-order valence-electron chi connectivity index (χ0n) is 16.5. The fourth-order valence-corrected chi connectivity index (χ4v) is 3.24. The van der Waals surface area contributed by atoms with Crippen LogP contribution in [0.1, 0.15) is 42.7 Å². The summed E-state index contributed by atoms with van der Waals surface area (Å²) < 4.78 is 33.9. The summed E-state index contributed by atoms with van der Waals surface area (Å²) in [5.74, 6) is 0.927. The van der Waals surface area contributed by atoms with Crippen molar-refractivity contribution in [3.8, 4) is 11.5 Å². The number of nitrogens with zero attached hydrogens (tertiary/aromatic N) is 1. The summed E-state index contributed by atoms with van der Waals surface area (Å²) >= 11 is 0. The van der Waals surface area contributed by atoms with Gasteiger partial charge in [-0.05, 0) is 56.7 Å². The molecule has 28 heavy (non-hydrogen) atoms. The Morgan fingerprint density at radius 1 is 1.04 bits per heavy atom. The van der Waals surface area contributed by atoms with Gasteiger partial charge in [-0.1, -0.05) is 12.1 Å². The highest BCUT2D eigenvalue weighted by Gasteiger charge is 2.21. The van der Waals surface area contributed by atoms with E-state index in [-0.39, 0.29) is 16.8 Å². The molecule has 2 N–H and O–H groups in total. The van der Waals surface area contributed by atoms with Gasteiger partial charge in [0.1, 0.15) is 0 Å². The van der Waals surface area contributed by atoms with Crippen molar-refractivity contribution < 1.29 is 22.7 Å². The van der Waals surface area contributed by atoms with Crippen LogP contribution < -0.4 is 14.6 Å². The molecule has 0 bridgehead atoms. The maximum Gasteiger partial charge on any atom is 0.254 e. The molecule has 8 heteroatoms. The SMILES string of the molecule is CCOc1ccc(C(=O)N(C)C(C)c2ccc(S(N)(=O)=O)cc2)cc1OCC. The second kappa shape index (κ2) is 9.07. The molecule has 2 rings (SSSR count). The van der Waals surface area contributed by atoms with Crippen LogP contribution in [0.4, 0.5) is 0 Å². The Bertz CT molecular complexity index is 926. The number of amides is 1. The topological polar surface area (TPSA) is 98.9 Å². The maximum atomic E-state index is 12.9. The first-order valence-electron chi connectivity index (χ1n) is 8.98. The van der Waals surface area contributed by atoms with Crippen molar-refractivity contribution in [3.05, 3.63) is 53.6 Å². The molecule has 0 saturated heterocycles. The zero-order chi connectivity index (χ0) is 20.9. The van der Waals surface area contributed by atoms with E-state index in [1.807, 2.05) is 20.8 Å². The second-order valence-corrected chi connectivity index (χ2v) is 7.80. The van der Waals surface area contributed by atoms with Crippen molar-refractivity contribution in [1.82, 2.24) is 4.90 Å². The number of hydrogen-bond donors (Lipinski definition) is 1. The molecule has 0 aliphatic carbocycles. The quantitative estimate of drug-likeness (QED) is 0.727. The molecule has 1 amide bonds. The predicted molar refractivity (Wildman–Crippen MR) is 107 cm³/mol. The largest absolute Gasteiger partial charge is 0.490 e.